The summed E-state index contributed by atoms with van der Waals surface area (Å²) in [6, 6.07) is 4.33. The molecular formula is C18H25NO4. The SMILES string of the molecule is CN(C[C@@H]1OCCc2ccc3c(c21)OCC3)C(=O)OC(C)(C)C. The normalized spacial score (nSPS) is 19.6. The van der Waals surface area contributed by atoms with Crippen LogP contribution in [0.4, 0.5) is 4.79 Å². The summed E-state index contributed by atoms with van der Waals surface area (Å²) in [5, 5.41) is 0. The smallest absolute Gasteiger partial charge is 0.410 e. The number of ether oxygens (including phenoxy) is 3. The van der Waals surface area contributed by atoms with Crippen LogP contribution in [-0.4, -0.2) is 43.4 Å². The molecule has 2 aliphatic heterocycles. The second-order valence-corrected chi connectivity index (χ2v) is 7.20. The largest absolute Gasteiger partial charge is 0.493 e. The Labute approximate surface area is 137 Å². The second-order valence-electron chi connectivity index (χ2n) is 7.20. The number of benzene rings is 1. The maximum atomic E-state index is 12.2. The summed E-state index contributed by atoms with van der Waals surface area (Å²) < 4.78 is 17.2. The number of hydrogen-bond donors (Lipinski definition) is 0. The van der Waals surface area contributed by atoms with Crippen molar-refractivity contribution in [2.75, 3.05) is 26.8 Å². The Morgan fingerprint density at radius 1 is 1.26 bits per heavy atom. The van der Waals surface area contributed by atoms with E-state index < -0.39 is 5.60 Å². The molecular weight excluding hydrogens is 294 g/mol. The first-order valence-corrected chi connectivity index (χ1v) is 8.18. The number of likely N-dealkylation sites (N-methyl/N-ethyl adjacent to an activating group) is 1. The number of nitrogens with zero attached hydrogens (tertiary/aromatic N) is 1. The van der Waals surface area contributed by atoms with E-state index in [-0.39, 0.29) is 12.2 Å². The lowest BCUT2D eigenvalue weighted by molar-refractivity contribution is -0.00249. The van der Waals surface area contributed by atoms with E-state index in [0.717, 1.165) is 30.8 Å². The van der Waals surface area contributed by atoms with Crippen LogP contribution < -0.4 is 4.74 Å². The Kier molecular flexibility index (Phi) is 4.23. The minimum absolute atomic E-state index is 0.163. The Balaban J connectivity index is 1.78. The molecule has 0 aliphatic carbocycles. The van der Waals surface area contributed by atoms with Crippen molar-refractivity contribution in [2.45, 2.75) is 45.3 Å². The summed E-state index contributed by atoms with van der Waals surface area (Å²) >= 11 is 0. The van der Waals surface area contributed by atoms with Gasteiger partial charge in [0.2, 0.25) is 0 Å². The fourth-order valence-corrected chi connectivity index (χ4v) is 3.09. The monoisotopic (exact) mass is 319 g/mol. The van der Waals surface area contributed by atoms with Gasteiger partial charge in [0.1, 0.15) is 17.5 Å². The molecule has 0 bridgehead atoms. The number of rotatable bonds is 2. The summed E-state index contributed by atoms with van der Waals surface area (Å²) in [7, 11) is 1.75. The molecule has 2 heterocycles. The molecule has 0 saturated carbocycles. The van der Waals surface area contributed by atoms with Gasteiger partial charge in [-0.1, -0.05) is 12.1 Å². The van der Waals surface area contributed by atoms with Crippen LogP contribution in [0.5, 0.6) is 5.75 Å². The van der Waals surface area contributed by atoms with Gasteiger partial charge in [0.25, 0.3) is 0 Å². The highest BCUT2D eigenvalue weighted by Crippen LogP contribution is 2.40. The second kappa shape index (κ2) is 6.04. The van der Waals surface area contributed by atoms with Gasteiger partial charge < -0.3 is 19.1 Å². The molecule has 0 radical (unpaired) electrons. The van der Waals surface area contributed by atoms with Gasteiger partial charge in [-0.2, -0.15) is 0 Å². The van der Waals surface area contributed by atoms with Crippen LogP contribution in [0.1, 0.15) is 43.6 Å². The fraction of sp³-hybridized carbons (Fsp3) is 0.611. The van der Waals surface area contributed by atoms with Crippen LogP contribution in [-0.2, 0) is 22.3 Å². The van der Waals surface area contributed by atoms with Crippen molar-refractivity contribution in [2.24, 2.45) is 0 Å². The van der Waals surface area contributed by atoms with Crippen molar-refractivity contribution in [3.63, 3.8) is 0 Å². The van der Waals surface area contributed by atoms with Crippen molar-refractivity contribution in [1.29, 1.82) is 0 Å². The van der Waals surface area contributed by atoms with Crippen LogP contribution in [0, 0.1) is 0 Å². The highest BCUT2D eigenvalue weighted by molar-refractivity contribution is 5.68. The van der Waals surface area contributed by atoms with Crippen molar-refractivity contribution in [1.82, 2.24) is 4.90 Å². The van der Waals surface area contributed by atoms with Crippen molar-refractivity contribution >= 4 is 6.09 Å². The minimum atomic E-state index is -0.499. The van der Waals surface area contributed by atoms with E-state index in [4.69, 9.17) is 14.2 Å². The van der Waals surface area contributed by atoms with Crippen molar-refractivity contribution in [3.8, 4) is 5.75 Å². The maximum Gasteiger partial charge on any atom is 0.410 e. The molecule has 1 aromatic rings. The van der Waals surface area contributed by atoms with Crippen LogP contribution in [0.2, 0.25) is 0 Å². The molecule has 0 spiro atoms. The molecule has 0 N–H and O–H groups in total. The quantitative estimate of drug-likeness (QED) is 0.840. The molecule has 1 aromatic carbocycles. The van der Waals surface area contributed by atoms with Gasteiger partial charge in [-0.3, -0.25) is 0 Å². The Hall–Kier alpha value is -1.75. The van der Waals surface area contributed by atoms with Crippen LogP contribution in [0.25, 0.3) is 0 Å². The van der Waals surface area contributed by atoms with E-state index in [1.807, 2.05) is 20.8 Å². The van der Waals surface area contributed by atoms with E-state index >= 15 is 0 Å². The molecule has 1 atom stereocenters. The summed E-state index contributed by atoms with van der Waals surface area (Å²) in [5.41, 5.74) is 3.11. The standard InChI is InChI=1S/C18H25NO4/c1-18(2,3)23-17(20)19(4)11-14-15-12(7-9-21-14)5-6-13-8-10-22-16(13)15/h5-6,14H,7-11H2,1-4H3/t14-/m0/s1. The molecule has 5 nitrogen and oxygen atoms in total. The molecule has 3 rings (SSSR count). The average Bonchev–Trinajstić information content (AvgIpc) is 2.94. The average molecular weight is 319 g/mol. The highest BCUT2D eigenvalue weighted by atomic mass is 16.6. The van der Waals surface area contributed by atoms with E-state index in [1.54, 1.807) is 11.9 Å². The van der Waals surface area contributed by atoms with Crippen LogP contribution >= 0.6 is 0 Å². The predicted octanol–water partition coefficient (Wildman–Crippen LogP) is 3.10. The summed E-state index contributed by atoms with van der Waals surface area (Å²) in [6.07, 6.45) is 1.33. The first-order chi connectivity index (χ1) is 10.8. The third-order valence-electron chi connectivity index (χ3n) is 4.14. The lowest BCUT2D eigenvalue weighted by Crippen LogP contribution is -2.38. The number of hydrogen-bond acceptors (Lipinski definition) is 4. The maximum absolute atomic E-state index is 12.2. The first kappa shape index (κ1) is 16.1. The number of amides is 1. The molecule has 0 aromatic heterocycles. The molecule has 126 valence electrons. The molecule has 5 heteroatoms. The van der Waals surface area contributed by atoms with Crippen molar-refractivity contribution < 1.29 is 19.0 Å². The summed E-state index contributed by atoms with van der Waals surface area (Å²) in [6.45, 7) is 7.45. The molecule has 23 heavy (non-hydrogen) atoms. The van der Waals surface area contributed by atoms with E-state index in [1.165, 1.54) is 11.1 Å². The lowest BCUT2D eigenvalue weighted by atomic mass is 9.93. The minimum Gasteiger partial charge on any atom is -0.493 e. The number of carbonyl (C=O) groups is 1. The zero-order chi connectivity index (χ0) is 16.6. The molecule has 0 fully saturated rings. The van der Waals surface area contributed by atoms with Crippen LogP contribution in [0.3, 0.4) is 0 Å². The van der Waals surface area contributed by atoms with Crippen molar-refractivity contribution in [3.05, 3.63) is 28.8 Å². The number of carbonyl (C=O) groups excluding carboxylic acids is 1. The Morgan fingerprint density at radius 3 is 2.70 bits per heavy atom. The highest BCUT2D eigenvalue weighted by Gasteiger charge is 2.31. The third kappa shape index (κ3) is 3.44. The van der Waals surface area contributed by atoms with E-state index in [9.17, 15) is 4.79 Å². The molecule has 0 unspecified atom stereocenters. The Bertz CT molecular complexity index is 606. The van der Waals surface area contributed by atoms with Gasteiger partial charge in [0, 0.05) is 19.0 Å². The van der Waals surface area contributed by atoms with E-state index in [0.29, 0.717) is 13.2 Å². The third-order valence-corrected chi connectivity index (χ3v) is 4.14. The van der Waals surface area contributed by atoms with Gasteiger partial charge >= 0.3 is 6.09 Å². The first-order valence-electron chi connectivity index (χ1n) is 8.18. The van der Waals surface area contributed by atoms with Gasteiger partial charge in [0.05, 0.1) is 19.8 Å². The fourth-order valence-electron chi connectivity index (χ4n) is 3.09. The summed E-state index contributed by atoms with van der Waals surface area (Å²) in [4.78, 5) is 13.8. The van der Waals surface area contributed by atoms with Crippen LogP contribution in [0.15, 0.2) is 12.1 Å². The molecule has 2 aliphatic rings. The molecule has 1 amide bonds. The zero-order valence-electron chi connectivity index (χ0n) is 14.3. The van der Waals surface area contributed by atoms with Gasteiger partial charge in [-0.15, -0.1) is 0 Å². The predicted molar refractivity (Wildman–Crippen MR) is 86.9 cm³/mol. The van der Waals surface area contributed by atoms with Gasteiger partial charge in [0.15, 0.2) is 0 Å². The van der Waals surface area contributed by atoms with Gasteiger partial charge in [-0.05, 0) is 38.3 Å². The zero-order valence-corrected chi connectivity index (χ0v) is 14.3. The van der Waals surface area contributed by atoms with Gasteiger partial charge in [-0.25, -0.2) is 4.79 Å². The Morgan fingerprint density at radius 2 is 1.96 bits per heavy atom. The topological polar surface area (TPSA) is 48.0 Å². The van der Waals surface area contributed by atoms with E-state index in [2.05, 4.69) is 12.1 Å². The molecule has 0 saturated heterocycles. The summed E-state index contributed by atoms with van der Waals surface area (Å²) in [5.74, 6) is 0.963. The lowest BCUT2D eigenvalue weighted by Gasteiger charge is -2.31. The number of fused-ring (bicyclic) bond motifs is 3.